The molecule has 0 fully saturated rings. The zero-order valence-corrected chi connectivity index (χ0v) is 24.6. The topological polar surface area (TPSA) is 56.5 Å². The van der Waals surface area contributed by atoms with E-state index in [0.717, 1.165) is 51.8 Å². The predicted octanol–water partition coefficient (Wildman–Crippen LogP) is 9.00. The van der Waals surface area contributed by atoms with E-state index in [2.05, 4.69) is 126 Å². The average Bonchev–Trinajstić information content (AvgIpc) is 3.51. The molecule has 0 N–H and O–H groups in total. The third-order valence-electron chi connectivity index (χ3n) is 9.14. The van der Waals surface area contributed by atoms with Crippen molar-refractivity contribution in [3.05, 3.63) is 157 Å². The Hall–Kier alpha value is -5.68. The molecule has 0 spiro atoms. The van der Waals surface area contributed by atoms with Gasteiger partial charge in [0.25, 0.3) is 0 Å². The molecule has 0 saturated heterocycles. The molecule has 2 unspecified atom stereocenters. The largest absolute Gasteiger partial charge is 0.296 e. The molecule has 9 rings (SSSR count). The minimum absolute atomic E-state index is 0.225. The third kappa shape index (κ3) is 4.47. The Labute approximate surface area is 261 Å². The first-order valence-electron chi connectivity index (χ1n) is 15.5. The number of hydrogen-bond acceptors (Lipinski definition) is 4. The molecule has 214 valence electrons. The Morgan fingerprint density at radius 1 is 0.600 bits per heavy atom. The maximum absolute atomic E-state index is 5.21. The number of para-hydroxylation sites is 3. The lowest BCUT2D eigenvalue weighted by atomic mass is 9.79. The summed E-state index contributed by atoms with van der Waals surface area (Å²) in [5, 5.41) is 2.36. The molecule has 5 heteroatoms. The van der Waals surface area contributed by atoms with Crippen LogP contribution in [0.2, 0.25) is 0 Å². The average molecular weight is 580 g/mol. The number of nitrogens with zero attached hydrogens (tertiary/aromatic N) is 5. The van der Waals surface area contributed by atoms with E-state index >= 15 is 0 Å². The molecule has 2 aromatic heterocycles. The second kappa shape index (κ2) is 10.5. The fourth-order valence-electron chi connectivity index (χ4n) is 6.93. The molecule has 7 aromatic rings. The van der Waals surface area contributed by atoms with Gasteiger partial charge in [-0.15, -0.1) is 0 Å². The standard InChI is InChI=1S/C40H29N5/c1-2-12-27(13-3-1)37-42-38(44-39(43-37)32-22-21-26-11-4-5-14-28(26)23-32)31-17-10-16-29(24-31)33-25-30-15-6-8-19-35(30)45-36-20-9-7-18-34(36)41-40(33)45/h1-15,17-24,29,33H,16,25H2. The van der Waals surface area contributed by atoms with Gasteiger partial charge in [0.05, 0.1) is 16.7 Å². The van der Waals surface area contributed by atoms with Crippen molar-refractivity contribution >= 4 is 27.4 Å². The summed E-state index contributed by atoms with van der Waals surface area (Å²) in [7, 11) is 0. The van der Waals surface area contributed by atoms with Gasteiger partial charge in [-0.1, -0.05) is 115 Å². The third-order valence-corrected chi connectivity index (χ3v) is 9.14. The Morgan fingerprint density at radius 3 is 2.24 bits per heavy atom. The predicted molar refractivity (Wildman–Crippen MR) is 181 cm³/mol. The van der Waals surface area contributed by atoms with Crippen LogP contribution in [0.5, 0.6) is 0 Å². The van der Waals surface area contributed by atoms with E-state index in [4.69, 9.17) is 19.9 Å². The highest BCUT2D eigenvalue weighted by Gasteiger charge is 2.33. The molecule has 5 nitrogen and oxygen atoms in total. The summed E-state index contributed by atoms with van der Waals surface area (Å²) in [6.45, 7) is 0. The molecule has 0 radical (unpaired) electrons. The smallest absolute Gasteiger partial charge is 0.164 e. The van der Waals surface area contributed by atoms with Crippen LogP contribution < -0.4 is 0 Å². The Morgan fingerprint density at radius 2 is 1.33 bits per heavy atom. The normalized spacial score (nSPS) is 17.2. The van der Waals surface area contributed by atoms with Crippen LogP contribution in [0.1, 0.15) is 29.6 Å². The molecule has 0 saturated carbocycles. The second-order valence-electron chi connectivity index (χ2n) is 11.9. The summed E-state index contributed by atoms with van der Waals surface area (Å²) in [5.41, 5.74) is 7.75. The summed E-state index contributed by atoms with van der Waals surface area (Å²) in [6.07, 6.45) is 8.70. The molecular weight excluding hydrogens is 550 g/mol. The number of benzene rings is 5. The van der Waals surface area contributed by atoms with E-state index in [1.54, 1.807) is 0 Å². The highest BCUT2D eigenvalue weighted by molar-refractivity contribution is 5.87. The Bertz CT molecular complexity index is 2300. The van der Waals surface area contributed by atoms with E-state index in [-0.39, 0.29) is 11.8 Å². The minimum atomic E-state index is 0.225. The first kappa shape index (κ1) is 25.8. The molecule has 2 atom stereocenters. The van der Waals surface area contributed by atoms with Gasteiger partial charge >= 0.3 is 0 Å². The molecule has 0 amide bonds. The number of fused-ring (bicyclic) bond motifs is 6. The van der Waals surface area contributed by atoms with Crippen molar-refractivity contribution in [1.82, 2.24) is 24.5 Å². The molecular formula is C40H29N5. The summed E-state index contributed by atoms with van der Waals surface area (Å²) < 4.78 is 2.37. The van der Waals surface area contributed by atoms with Crippen molar-refractivity contribution in [2.45, 2.75) is 18.8 Å². The first-order valence-corrected chi connectivity index (χ1v) is 15.5. The van der Waals surface area contributed by atoms with E-state index in [0.29, 0.717) is 17.5 Å². The summed E-state index contributed by atoms with van der Waals surface area (Å²) >= 11 is 0. The van der Waals surface area contributed by atoms with Gasteiger partial charge in [0.2, 0.25) is 0 Å². The van der Waals surface area contributed by atoms with Crippen LogP contribution in [0, 0.1) is 5.92 Å². The Kier molecular flexibility index (Phi) is 6.01. The zero-order valence-electron chi connectivity index (χ0n) is 24.6. The van der Waals surface area contributed by atoms with Gasteiger partial charge < -0.3 is 0 Å². The molecule has 3 heterocycles. The van der Waals surface area contributed by atoms with Crippen LogP contribution in [-0.2, 0) is 6.42 Å². The van der Waals surface area contributed by atoms with Gasteiger partial charge in [-0.2, -0.15) is 0 Å². The SMILES string of the molecule is C1=CC(c2nc(-c3ccccc3)nc(-c3ccc4ccccc4c3)n2)=CC(C2Cc3ccccc3-n3c2nc2ccccc23)C1. The van der Waals surface area contributed by atoms with E-state index < -0.39 is 0 Å². The number of imidazole rings is 1. The molecule has 1 aliphatic carbocycles. The van der Waals surface area contributed by atoms with Crippen molar-refractivity contribution < 1.29 is 0 Å². The number of hydrogen-bond donors (Lipinski definition) is 0. The summed E-state index contributed by atoms with van der Waals surface area (Å²) in [6, 6.07) is 42.2. The van der Waals surface area contributed by atoms with Gasteiger partial charge in [0.1, 0.15) is 5.82 Å². The van der Waals surface area contributed by atoms with Crippen molar-refractivity contribution in [2.75, 3.05) is 0 Å². The number of allylic oxidation sites excluding steroid dienone is 4. The van der Waals surface area contributed by atoms with Gasteiger partial charge in [0, 0.05) is 22.6 Å². The molecule has 1 aliphatic heterocycles. The highest BCUT2D eigenvalue weighted by atomic mass is 15.1. The van der Waals surface area contributed by atoms with Crippen LogP contribution in [0.25, 0.3) is 55.8 Å². The molecule has 0 bridgehead atoms. The maximum atomic E-state index is 5.21. The molecule has 45 heavy (non-hydrogen) atoms. The van der Waals surface area contributed by atoms with Crippen molar-refractivity contribution in [1.29, 1.82) is 0 Å². The summed E-state index contributed by atoms with van der Waals surface area (Å²) in [5.74, 6) is 3.64. The minimum Gasteiger partial charge on any atom is -0.296 e. The monoisotopic (exact) mass is 579 g/mol. The van der Waals surface area contributed by atoms with Crippen LogP contribution in [0.4, 0.5) is 0 Å². The van der Waals surface area contributed by atoms with Gasteiger partial charge in [-0.25, -0.2) is 19.9 Å². The fraction of sp³-hybridized carbons (Fsp3) is 0.100. The quantitative estimate of drug-likeness (QED) is 0.209. The van der Waals surface area contributed by atoms with E-state index in [1.165, 1.54) is 16.6 Å². The number of aromatic nitrogens is 5. The van der Waals surface area contributed by atoms with Crippen LogP contribution in [-0.4, -0.2) is 24.5 Å². The van der Waals surface area contributed by atoms with Gasteiger partial charge in [0.15, 0.2) is 17.5 Å². The number of rotatable bonds is 4. The zero-order chi connectivity index (χ0) is 29.7. The Balaban J connectivity index is 1.17. The van der Waals surface area contributed by atoms with Crippen molar-refractivity contribution in [3.63, 3.8) is 0 Å². The van der Waals surface area contributed by atoms with Gasteiger partial charge in [-0.05, 0) is 59.4 Å². The van der Waals surface area contributed by atoms with Crippen LogP contribution >= 0.6 is 0 Å². The lowest BCUT2D eigenvalue weighted by Crippen LogP contribution is -2.24. The molecule has 2 aliphatic rings. The second-order valence-corrected chi connectivity index (χ2v) is 11.9. The van der Waals surface area contributed by atoms with Gasteiger partial charge in [-0.3, -0.25) is 4.57 Å². The van der Waals surface area contributed by atoms with Crippen molar-refractivity contribution in [3.8, 4) is 28.5 Å². The van der Waals surface area contributed by atoms with Crippen LogP contribution in [0.15, 0.2) is 140 Å². The fourth-order valence-corrected chi connectivity index (χ4v) is 6.93. The first-order chi connectivity index (χ1) is 22.3. The molecule has 5 aromatic carbocycles. The van der Waals surface area contributed by atoms with Crippen LogP contribution in [0.3, 0.4) is 0 Å². The lowest BCUT2D eigenvalue weighted by molar-refractivity contribution is 0.467. The van der Waals surface area contributed by atoms with Crippen molar-refractivity contribution in [2.24, 2.45) is 5.92 Å². The highest BCUT2D eigenvalue weighted by Crippen LogP contribution is 2.42. The van der Waals surface area contributed by atoms with E-state index in [1.807, 2.05) is 18.2 Å². The summed E-state index contributed by atoms with van der Waals surface area (Å²) in [4.78, 5) is 20.3. The maximum Gasteiger partial charge on any atom is 0.164 e. The van der Waals surface area contributed by atoms with E-state index in [9.17, 15) is 0 Å². The lowest BCUT2D eigenvalue weighted by Gasteiger charge is -2.31.